The molecule has 0 saturated heterocycles. The van der Waals surface area contributed by atoms with Crippen molar-refractivity contribution >= 4 is 38.1 Å². The van der Waals surface area contributed by atoms with Gasteiger partial charge in [0.2, 0.25) is 11.6 Å². The molecule has 0 unspecified atom stereocenters. The number of nitrogens with zero attached hydrogens (tertiary/aromatic N) is 5. The Morgan fingerprint density at radius 1 is 1.39 bits per heavy atom. The number of nitrogens with one attached hydrogen (secondary N) is 1. The lowest BCUT2D eigenvalue weighted by molar-refractivity contribution is 0.207. The van der Waals surface area contributed by atoms with Crippen LogP contribution in [0.15, 0.2) is 49.3 Å². The molecule has 0 radical (unpaired) electrons. The van der Waals surface area contributed by atoms with Gasteiger partial charge in [-0.2, -0.15) is 12.7 Å². The molecule has 176 valence electrons. The van der Waals surface area contributed by atoms with Crippen LogP contribution in [0.3, 0.4) is 0 Å². The van der Waals surface area contributed by atoms with E-state index in [1.807, 2.05) is 0 Å². The molecule has 0 fully saturated rings. The third-order valence-corrected chi connectivity index (χ3v) is 5.90. The second-order valence-electron chi connectivity index (χ2n) is 6.10. The van der Waals surface area contributed by atoms with E-state index in [9.17, 15) is 22.4 Å². The van der Waals surface area contributed by atoms with Gasteiger partial charge in [0.05, 0.1) is 10.2 Å². The molecule has 33 heavy (non-hydrogen) atoms. The molecule has 14 nitrogen and oxygen atoms in total. The highest BCUT2D eigenvalue weighted by molar-refractivity contribution is 9.10. The summed E-state index contributed by atoms with van der Waals surface area (Å²) in [4.78, 5) is 23.0. The van der Waals surface area contributed by atoms with Gasteiger partial charge in [0, 0.05) is 19.6 Å². The average Bonchev–Trinajstić information content (AvgIpc) is 3.34. The Bertz CT molecular complexity index is 1340. The highest BCUT2D eigenvalue weighted by atomic mass is 79.9. The summed E-state index contributed by atoms with van der Waals surface area (Å²) in [6.45, 7) is 2.99. The van der Waals surface area contributed by atoms with Crippen LogP contribution < -0.4 is 16.8 Å². The van der Waals surface area contributed by atoms with E-state index in [2.05, 4.69) is 47.5 Å². The van der Waals surface area contributed by atoms with E-state index >= 15 is 0 Å². The van der Waals surface area contributed by atoms with Gasteiger partial charge < -0.3 is 15.2 Å². The number of nitrogens with two attached hydrogens (primary N) is 1. The SMILES string of the molecule is C=CCN(CCNc1nonc1-c1noc(=O)n1-c1ccc(F)c(Br)c1)S(=O)(=O)OC(N)=O. The van der Waals surface area contributed by atoms with Gasteiger partial charge in [-0.05, 0) is 44.4 Å². The molecule has 0 aliphatic rings. The van der Waals surface area contributed by atoms with Crippen LogP contribution in [0.5, 0.6) is 0 Å². The molecule has 0 saturated carbocycles. The zero-order valence-corrected chi connectivity index (χ0v) is 18.9. The van der Waals surface area contributed by atoms with Crippen LogP contribution in [-0.4, -0.2) is 58.5 Å². The molecular formula is C16H15BrFN7O7S. The summed E-state index contributed by atoms with van der Waals surface area (Å²) in [5.74, 6) is -1.56. The largest absolute Gasteiger partial charge is 0.446 e. The van der Waals surface area contributed by atoms with Gasteiger partial charge >= 0.3 is 22.2 Å². The van der Waals surface area contributed by atoms with Crippen molar-refractivity contribution in [2.45, 2.75) is 0 Å². The van der Waals surface area contributed by atoms with Crippen LogP contribution >= 0.6 is 15.9 Å². The van der Waals surface area contributed by atoms with Crippen molar-refractivity contribution in [3.05, 3.63) is 51.7 Å². The number of rotatable bonds is 10. The first-order valence-electron chi connectivity index (χ1n) is 8.85. The molecule has 0 aliphatic heterocycles. The molecule has 3 rings (SSSR count). The summed E-state index contributed by atoms with van der Waals surface area (Å²) in [5.41, 5.74) is 4.94. The van der Waals surface area contributed by atoms with Crippen molar-refractivity contribution in [3.63, 3.8) is 0 Å². The van der Waals surface area contributed by atoms with E-state index in [0.717, 1.165) is 14.9 Å². The van der Waals surface area contributed by atoms with Crippen LogP contribution in [0, 0.1) is 5.82 Å². The van der Waals surface area contributed by atoms with Crippen LogP contribution in [0.1, 0.15) is 0 Å². The molecule has 17 heteroatoms. The van der Waals surface area contributed by atoms with Gasteiger partial charge in [0.1, 0.15) is 5.82 Å². The third kappa shape index (κ3) is 5.44. The van der Waals surface area contributed by atoms with Crippen LogP contribution in [0.4, 0.5) is 15.0 Å². The van der Waals surface area contributed by atoms with Crippen molar-refractivity contribution in [1.82, 2.24) is 24.3 Å². The van der Waals surface area contributed by atoms with Gasteiger partial charge in [-0.15, -0.1) is 6.58 Å². The Hall–Kier alpha value is -3.57. The van der Waals surface area contributed by atoms with Crippen molar-refractivity contribution in [1.29, 1.82) is 0 Å². The van der Waals surface area contributed by atoms with E-state index in [0.29, 0.717) is 0 Å². The molecule has 0 atom stereocenters. The highest BCUT2D eigenvalue weighted by Crippen LogP contribution is 2.26. The summed E-state index contributed by atoms with van der Waals surface area (Å²) in [5, 5.41) is 13.8. The molecule has 2 heterocycles. The number of carbonyl (C=O) groups is 1. The summed E-state index contributed by atoms with van der Waals surface area (Å²) in [6, 6.07) is 3.78. The number of hydrogen-bond donors (Lipinski definition) is 2. The van der Waals surface area contributed by atoms with Crippen LogP contribution in [0.2, 0.25) is 0 Å². The minimum Gasteiger partial charge on any atom is -0.364 e. The van der Waals surface area contributed by atoms with Crippen molar-refractivity contribution in [3.8, 4) is 17.2 Å². The summed E-state index contributed by atoms with van der Waals surface area (Å²) < 4.78 is 53.1. The van der Waals surface area contributed by atoms with E-state index in [1.54, 1.807) is 0 Å². The first-order valence-corrected chi connectivity index (χ1v) is 11.0. The van der Waals surface area contributed by atoms with Crippen molar-refractivity contribution < 1.29 is 30.9 Å². The highest BCUT2D eigenvalue weighted by Gasteiger charge is 2.26. The van der Waals surface area contributed by atoms with Gasteiger partial charge in [0.25, 0.3) is 0 Å². The summed E-state index contributed by atoms with van der Waals surface area (Å²) in [7, 11) is -4.45. The number of primary amides is 1. The number of amides is 1. The predicted octanol–water partition coefficient (Wildman–Crippen LogP) is 1.02. The van der Waals surface area contributed by atoms with E-state index < -0.39 is 28.0 Å². The molecule has 0 spiro atoms. The number of anilines is 1. The second kappa shape index (κ2) is 9.92. The first-order chi connectivity index (χ1) is 15.6. The fourth-order valence-corrected chi connectivity index (χ4v) is 3.88. The number of aromatic nitrogens is 4. The number of hydrogen-bond acceptors (Lipinski definition) is 11. The Balaban J connectivity index is 1.83. The fourth-order valence-electron chi connectivity index (χ4n) is 2.60. The first kappa shape index (κ1) is 24.1. The van der Waals surface area contributed by atoms with Gasteiger partial charge in [-0.25, -0.2) is 23.2 Å². The quantitative estimate of drug-likeness (QED) is 0.344. The van der Waals surface area contributed by atoms with Gasteiger partial charge in [0.15, 0.2) is 5.69 Å². The van der Waals surface area contributed by atoms with Crippen LogP contribution in [0.25, 0.3) is 17.2 Å². The Labute approximate surface area is 193 Å². The zero-order valence-electron chi connectivity index (χ0n) is 16.5. The Morgan fingerprint density at radius 2 is 2.15 bits per heavy atom. The van der Waals surface area contributed by atoms with Gasteiger partial charge in [-0.1, -0.05) is 11.2 Å². The lowest BCUT2D eigenvalue weighted by Gasteiger charge is -2.18. The van der Waals surface area contributed by atoms with E-state index in [4.69, 9.17) is 14.9 Å². The maximum Gasteiger partial charge on any atom is 0.446 e. The fraction of sp³-hybridized carbons (Fsp3) is 0.188. The molecule has 0 bridgehead atoms. The standard InChI is InChI=1S/C16H15BrFN7O7S/c1-2-6-24(33(28,29)31-15(19)26)7-5-20-13-12(21-32-22-13)14-23-30-16(27)25(14)9-3-4-11(18)10(17)8-9/h2-4,8H,1,5-7H2,(H2,19,26)(H,20,22). The molecule has 2 aromatic heterocycles. The maximum absolute atomic E-state index is 13.6. The number of halogens is 2. The predicted molar refractivity (Wildman–Crippen MR) is 113 cm³/mol. The topological polar surface area (TPSA) is 189 Å². The summed E-state index contributed by atoms with van der Waals surface area (Å²) in [6.07, 6.45) is -0.212. The summed E-state index contributed by atoms with van der Waals surface area (Å²) >= 11 is 3.04. The Kier molecular flexibility index (Phi) is 7.24. The van der Waals surface area contributed by atoms with Gasteiger partial charge in [-0.3, -0.25) is 4.52 Å². The van der Waals surface area contributed by atoms with Crippen molar-refractivity contribution in [2.75, 3.05) is 25.0 Å². The normalized spacial score (nSPS) is 11.5. The molecule has 3 aromatic rings. The molecule has 3 N–H and O–H groups in total. The third-order valence-electron chi connectivity index (χ3n) is 3.96. The minimum absolute atomic E-state index is 0.00926. The minimum atomic E-state index is -4.45. The zero-order chi connectivity index (χ0) is 24.2. The van der Waals surface area contributed by atoms with E-state index in [-0.39, 0.29) is 47.1 Å². The molecule has 1 aromatic carbocycles. The molecular weight excluding hydrogens is 533 g/mol. The number of benzene rings is 1. The molecule has 1 amide bonds. The lowest BCUT2D eigenvalue weighted by atomic mass is 10.3. The van der Waals surface area contributed by atoms with Crippen molar-refractivity contribution in [2.24, 2.45) is 5.73 Å². The lowest BCUT2D eigenvalue weighted by Crippen LogP contribution is -2.38. The monoisotopic (exact) mass is 547 g/mol. The maximum atomic E-state index is 13.6. The molecule has 0 aliphatic carbocycles. The second-order valence-corrected chi connectivity index (χ2v) is 8.49. The van der Waals surface area contributed by atoms with Crippen LogP contribution in [-0.2, 0) is 14.5 Å². The smallest absolute Gasteiger partial charge is 0.364 e. The van der Waals surface area contributed by atoms with E-state index in [1.165, 1.54) is 18.2 Å². The average molecular weight is 548 g/mol. The Morgan fingerprint density at radius 3 is 2.82 bits per heavy atom. The number of carbonyl (C=O) groups excluding carboxylic acids is 1.